The summed E-state index contributed by atoms with van der Waals surface area (Å²) in [4.78, 5) is 24.1. The molecule has 0 fully saturated rings. The first-order valence-corrected chi connectivity index (χ1v) is 6.82. The van der Waals surface area contributed by atoms with Crippen LogP contribution in [0.4, 0.5) is 10.5 Å². The lowest BCUT2D eigenvalue weighted by Crippen LogP contribution is -2.39. The SMILES string of the molecule is COc1ccccc1N(C)C(=O)NCC(C)CCC(=O)O. The predicted octanol–water partition coefficient (Wildman–Crippen LogP) is 2.34. The number of ether oxygens (including phenoxy) is 1. The van der Waals surface area contributed by atoms with E-state index < -0.39 is 5.97 Å². The number of carbonyl (C=O) groups is 2. The Morgan fingerprint density at radius 3 is 2.67 bits per heavy atom. The van der Waals surface area contributed by atoms with Crippen LogP contribution >= 0.6 is 0 Å². The molecule has 0 spiro atoms. The van der Waals surface area contributed by atoms with Crippen molar-refractivity contribution in [1.29, 1.82) is 0 Å². The number of para-hydroxylation sites is 2. The third kappa shape index (κ3) is 5.33. The zero-order valence-corrected chi connectivity index (χ0v) is 12.6. The van der Waals surface area contributed by atoms with Crippen LogP contribution in [0.3, 0.4) is 0 Å². The number of carbonyl (C=O) groups excluding carboxylic acids is 1. The average Bonchev–Trinajstić information content (AvgIpc) is 2.49. The Bertz CT molecular complexity index is 490. The molecule has 21 heavy (non-hydrogen) atoms. The molecule has 0 bridgehead atoms. The fraction of sp³-hybridized carbons (Fsp3) is 0.467. The Hall–Kier alpha value is -2.24. The number of anilines is 1. The first-order chi connectivity index (χ1) is 9.95. The molecule has 1 unspecified atom stereocenters. The molecule has 6 heteroatoms. The molecule has 0 saturated carbocycles. The lowest BCUT2D eigenvalue weighted by atomic mass is 10.1. The van der Waals surface area contributed by atoms with E-state index in [2.05, 4.69) is 5.32 Å². The van der Waals surface area contributed by atoms with Crippen molar-refractivity contribution in [2.24, 2.45) is 5.92 Å². The van der Waals surface area contributed by atoms with Crippen molar-refractivity contribution in [1.82, 2.24) is 5.32 Å². The van der Waals surface area contributed by atoms with Crippen LogP contribution in [-0.4, -0.2) is 37.8 Å². The second-order valence-electron chi connectivity index (χ2n) is 4.95. The minimum Gasteiger partial charge on any atom is -0.495 e. The monoisotopic (exact) mass is 294 g/mol. The standard InChI is InChI=1S/C15H22N2O4/c1-11(8-9-14(18)19)10-16-15(20)17(2)12-6-4-5-7-13(12)21-3/h4-7,11H,8-10H2,1-3H3,(H,16,20)(H,18,19). The Morgan fingerprint density at radius 1 is 1.38 bits per heavy atom. The summed E-state index contributed by atoms with van der Waals surface area (Å²) in [6.45, 7) is 2.35. The van der Waals surface area contributed by atoms with Gasteiger partial charge in [-0.2, -0.15) is 0 Å². The molecule has 0 heterocycles. The summed E-state index contributed by atoms with van der Waals surface area (Å²) in [5, 5.41) is 11.4. The third-order valence-corrected chi connectivity index (χ3v) is 3.20. The lowest BCUT2D eigenvalue weighted by molar-refractivity contribution is -0.137. The summed E-state index contributed by atoms with van der Waals surface area (Å²) in [7, 11) is 3.22. The normalized spacial score (nSPS) is 11.6. The van der Waals surface area contributed by atoms with Gasteiger partial charge in [0.15, 0.2) is 0 Å². The van der Waals surface area contributed by atoms with Crippen molar-refractivity contribution in [3.63, 3.8) is 0 Å². The van der Waals surface area contributed by atoms with Crippen LogP contribution in [-0.2, 0) is 4.79 Å². The van der Waals surface area contributed by atoms with Crippen LogP contribution < -0.4 is 15.0 Å². The van der Waals surface area contributed by atoms with Gasteiger partial charge in [0, 0.05) is 20.0 Å². The topological polar surface area (TPSA) is 78.9 Å². The van der Waals surface area contributed by atoms with Gasteiger partial charge >= 0.3 is 12.0 Å². The molecule has 0 aliphatic carbocycles. The van der Waals surface area contributed by atoms with Gasteiger partial charge in [0.05, 0.1) is 12.8 Å². The summed E-state index contributed by atoms with van der Waals surface area (Å²) in [5.41, 5.74) is 0.677. The Labute approximate surface area is 124 Å². The van der Waals surface area contributed by atoms with Gasteiger partial charge in [-0.05, 0) is 24.5 Å². The molecule has 116 valence electrons. The van der Waals surface area contributed by atoms with Crippen LogP contribution in [0, 0.1) is 5.92 Å². The van der Waals surface area contributed by atoms with Crippen molar-refractivity contribution in [2.45, 2.75) is 19.8 Å². The molecule has 1 atom stereocenters. The van der Waals surface area contributed by atoms with E-state index in [1.165, 1.54) is 4.90 Å². The molecule has 1 aromatic carbocycles. The zero-order chi connectivity index (χ0) is 15.8. The Kier molecular flexibility index (Phi) is 6.52. The fourth-order valence-electron chi connectivity index (χ4n) is 1.87. The molecule has 6 nitrogen and oxygen atoms in total. The summed E-state index contributed by atoms with van der Waals surface area (Å²) in [6, 6.07) is 7.00. The molecule has 0 aliphatic heterocycles. The lowest BCUT2D eigenvalue weighted by Gasteiger charge is -2.21. The first-order valence-electron chi connectivity index (χ1n) is 6.82. The van der Waals surface area contributed by atoms with E-state index in [1.807, 2.05) is 19.1 Å². The van der Waals surface area contributed by atoms with Crippen molar-refractivity contribution in [3.05, 3.63) is 24.3 Å². The second-order valence-corrected chi connectivity index (χ2v) is 4.95. The minimum absolute atomic E-state index is 0.108. The molecule has 0 radical (unpaired) electrons. The molecule has 0 saturated heterocycles. The summed E-state index contributed by atoms with van der Waals surface area (Å²) >= 11 is 0. The Balaban J connectivity index is 2.53. The highest BCUT2D eigenvalue weighted by Gasteiger charge is 2.15. The van der Waals surface area contributed by atoms with Crippen LogP contribution in [0.5, 0.6) is 5.75 Å². The maximum Gasteiger partial charge on any atom is 0.321 e. The quantitative estimate of drug-likeness (QED) is 0.809. The second kappa shape index (κ2) is 8.14. The number of nitrogens with one attached hydrogen (secondary N) is 1. The molecular formula is C15H22N2O4. The van der Waals surface area contributed by atoms with Gasteiger partial charge in [-0.15, -0.1) is 0 Å². The van der Waals surface area contributed by atoms with Crippen LogP contribution in [0.2, 0.25) is 0 Å². The van der Waals surface area contributed by atoms with Gasteiger partial charge < -0.3 is 15.2 Å². The number of methoxy groups -OCH3 is 1. The number of hydrogen-bond donors (Lipinski definition) is 2. The molecule has 2 N–H and O–H groups in total. The van der Waals surface area contributed by atoms with Gasteiger partial charge in [0.2, 0.25) is 0 Å². The maximum atomic E-state index is 12.1. The largest absolute Gasteiger partial charge is 0.495 e. The minimum atomic E-state index is -0.820. The van der Waals surface area contributed by atoms with Crippen LogP contribution in [0.15, 0.2) is 24.3 Å². The number of amides is 2. The highest BCUT2D eigenvalue weighted by atomic mass is 16.5. The number of carboxylic acid groups (broad SMARTS) is 1. The maximum absolute atomic E-state index is 12.1. The van der Waals surface area contributed by atoms with Gasteiger partial charge in [0.1, 0.15) is 5.75 Å². The van der Waals surface area contributed by atoms with Crippen LogP contribution in [0.1, 0.15) is 19.8 Å². The third-order valence-electron chi connectivity index (χ3n) is 3.20. The number of hydrogen-bond acceptors (Lipinski definition) is 3. The summed E-state index contributed by atoms with van der Waals surface area (Å²) < 4.78 is 5.22. The number of carboxylic acids is 1. The molecule has 2 amide bonds. The van der Waals surface area contributed by atoms with E-state index in [9.17, 15) is 9.59 Å². The fourth-order valence-corrected chi connectivity index (χ4v) is 1.87. The van der Waals surface area contributed by atoms with E-state index in [4.69, 9.17) is 9.84 Å². The smallest absolute Gasteiger partial charge is 0.321 e. The van der Waals surface area contributed by atoms with Crippen molar-refractivity contribution in [2.75, 3.05) is 25.6 Å². The van der Waals surface area contributed by atoms with E-state index in [1.54, 1.807) is 26.3 Å². The molecule has 1 rings (SSSR count). The van der Waals surface area contributed by atoms with Gasteiger partial charge in [-0.1, -0.05) is 19.1 Å². The van der Waals surface area contributed by atoms with Gasteiger partial charge in [-0.3, -0.25) is 9.69 Å². The number of aliphatic carboxylic acids is 1. The highest BCUT2D eigenvalue weighted by molar-refractivity contribution is 5.93. The Morgan fingerprint density at radius 2 is 2.05 bits per heavy atom. The van der Waals surface area contributed by atoms with E-state index in [-0.39, 0.29) is 18.4 Å². The molecule has 1 aromatic rings. The van der Waals surface area contributed by atoms with Gasteiger partial charge in [0.25, 0.3) is 0 Å². The number of nitrogens with zero attached hydrogens (tertiary/aromatic N) is 1. The molecule has 0 aromatic heterocycles. The van der Waals surface area contributed by atoms with E-state index >= 15 is 0 Å². The van der Waals surface area contributed by atoms with E-state index in [0.29, 0.717) is 24.4 Å². The van der Waals surface area contributed by atoms with Crippen molar-refractivity contribution >= 4 is 17.7 Å². The average molecular weight is 294 g/mol. The molecule has 0 aliphatic rings. The summed E-state index contributed by atoms with van der Waals surface area (Å²) in [6.07, 6.45) is 0.646. The zero-order valence-electron chi connectivity index (χ0n) is 12.6. The van der Waals surface area contributed by atoms with Crippen molar-refractivity contribution in [3.8, 4) is 5.75 Å². The number of rotatable bonds is 7. The predicted molar refractivity (Wildman–Crippen MR) is 80.8 cm³/mol. The van der Waals surface area contributed by atoms with E-state index in [0.717, 1.165) is 0 Å². The highest BCUT2D eigenvalue weighted by Crippen LogP contribution is 2.26. The first kappa shape index (κ1) is 16.8. The molecular weight excluding hydrogens is 272 g/mol. The van der Waals surface area contributed by atoms with Gasteiger partial charge in [-0.25, -0.2) is 4.79 Å². The van der Waals surface area contributed by atoms with Crippen LogP contribution in [0.25, 0.3) is 0 Å². The number of benzene rings is 1. The van der Waals surface area contributed by atoms with Crippen molar-refractivity contribution < 1.29 is 19.4 Å². The number of urea groups is 1. The summed E-state index contributed by atoms with van der Waals surface area (Å²) in [5.74, 6) is -0.0930.